The molecular weight excluding hydrogens is 128 g/mol. The van der Waals surface area contributed by atoms with Crippen LogP contribution in [0.4, 0.5) is 0 Å². The van der Waals surface area contributed by atoms with Crippen molar-refractivity contribution in [3.05, 3.63) is 12.2 Å². The van der Waals surface area contributed by atoms with Gasteiger partial charge in [0.15, 0.2) is 0 Å². The summed E-state index contributed by atoms with van der Waals surface area (Å²) in [7, 11) is 0. The minimum Gasteiger partial charge on any atom is -0.373 e. The van der Waals surface area contributed by atoms with E-state index in [4.69, 9.17) is 9.47 Å². The summed E-state index contributed by atoms with van der Waals surface area (Å²) in [5, 5.41) is 0. The molecule has 0 amide bonds. The van der Waals surface area contributed by atoms with Crippen molar-refractivity contribution in [3.8, 4) is 0 Å². The van der Waals surface area contributed by atoms with Crippen LogP contribution in [0.25, 0.3) is 0 Å². The maximum Gasteiger partial charge on any atom is 0.112 e. The molecule has 2 heterocycles. The second-order valence-corrected chi connectivity index (χ2v) is 3.01. The van der Waals surface area contributed by atoms with E-state index in [2.05, 4.69) is 12.2 Å². The van der Waals surface area contributed by atoms with Gasteiger partial charge in [0, 0.05) is 6.42 Å². The zero-order chi connectivity index (χ0) is 7.03. The fraction of sp³-hybridized carbons (Fsp3) is 0.750. The first-order valence-electron chi connectivity index (χ1n) is 3.74. The number of epoxide rings is 2. The van der Waals surface area contributed by atoms with Crippen LogP contribution in [0.15, 0.2) is 12.2 Å². The second-order valence-electron chi connectivity index (χ2n) is 3.01. The van der Waals surface area contributed by atoms with Crippen LogP contribution in [0.1, 0.15) is 13.3 Å². The first-order valence-corrected chi connectivity index (χ1v) is 3.74. The van der Waals surface area contributed by atoms with Crippen molar-refractivity contribution in [2.24, 2.45) is 0 Å². The van der Waals surface area contributed by atoms with Crippen LogP contribution in [-0.4, -0.2) is 24.9 Å². The molecule has 2 heteroatoms. The van der Waals surface area contributed by atoms with Crippen LogP contribution in [0.5, 0.6) is 0 Å². The highest BCUT2D eigenvalue weighted by molar-refractivity contribution is 5.11. The molecule has 0 aromatic rings. The zero-order valence-corrected chi connectivity index (χ0v) is 6.17. The van der Waals surface area contributed by atoms with Gasteiger partial charge in [-0.05, 0) is 6.92 Å². The van der Waals surface area contributed by atoms with E-state index in [-0.39, 0.29) is 5.60 Å². The quantitative estimate of drug-likeness (QED) is 0.433. The van der Waals surface area contributed by atoms with Crippen molar-refractivity contribution in [2.75, 3.05) is 13.2 Å². The third-order valence-electron chi connectivity index (χ3n) is 1.96. The van der Waals surface area contributed by atoms with Crippen LogP contribution in [0.2, 0.25) is 0 Å². The number of rotatable bonds is 3. The lowest BCUT2D eigenvalue weighted by Gasteiger charge is -2.00. The molecule has 2 unspecified atom stereocenters. The molecule has 0 bridgehead atoms. The first kappa shape index (κ1) is 6.38. The second kappa shape index (κ2) is 2.07. The molecule has 2 rings (SSSR count). The van der Waals surface area contributed by atoms with Gasteiger partial charge in [0.2, 0.25) is 0 Å². The van der Waals surface area contributed by atoms with E-state index in [9.17, 15) is 0 Å². The van der Waals surface area contributed by atoms with E-state index in [1.54, 1.807) is 0 Å². The molecular formula is C8H12O2. The van der Waals surface area contributed by atoms with E-state index in [1.165, 1.54) is 0 Å². The first-order chi connectivity index (χ1) is 4.85. The largest absolute Gasteiger partial charge is 0.373 e. The van der Waals surface area contributed by atoms with E-state index < -0.39 is 0 Å². The highest BCUT2D eigenvalue weighted by Crippen LogP contribution is 2.37. The molecule has 0 aromatic heterocycles. The molecule has 56 valence electrons. The monoisotopic (exact) mass is 140 g/mol. The lowest BCUT2D eigenvalue weighted by Crippen LogP contribution is -2.09. The van der Waals surface area contributed by atoms with Gasteiger partial charge in [-0.2, -0.15) is 0 Å². The summed E-state index contributed by atoms with van der Waals surface area (Å²) in [4.78, 5) is 0. The fourth-order valence-corrected chi connectivity index (χ4v) is 1.25. The Morgan fingerprint density at radius 1 is 1.70 bits per heavy atom. The molecule has 2 atom stereocenters. The van der Waals surface area contributed by atoms with Crippen molar-refractivity contribution in [1.29, 1.82) is 0 Å². The van der Waals surface area contributed by atoms with Crippen LogP contribution < -0.4 is 0 Å². The summed E-state index contributed by atoms with van der Waals surface area (Å²) in [6.07, 6.45) is 5.72. The van der Waals surface area contributed by atoms with Gasteiger partial charge < -0.3 is 9.47 Å². The van der Waals surface area contributed by atoms with Crippen LogP contribution in [0, 0.1) is 0 Å². The average Bonchev–Trinajstić information content (AvgIpc) is 2.73. The van der Waals surface area contributed by atoms with E-state index in [1.807, 2.05) is 6.92 Å². The Morgan fingerprint density at radius 2 is 2.40 bits per heavy atom. The summed E-state index contributed by atoms with van der Waals surface area (Å²) in [6.45, 7) is 3.84. The maximum atomic E-state index is 5.32. The average molecular weight is 140 g/mol. The topological polar surface area (TPSA) is 25.1 Å². The van der Waals surface area contributed by atoms with E-state index in [0.717, 1.165) is 19.6 Å². The minimum atomic E-state index is 0.0793. The summed E-state index contributed by atoms with van der Waals surface area (Å²) in [5.41, 5.74) is 0.0793. The number of ether oxygens (including phenoxy) is 2. The van der Waals surface area contributed by atoms with Crippen LogP contribution >= 0.6 is 0 Å². The lowest BCUT2D eigenvalue weighted by molar-refractivity contribution is 0.299. The molecule has 2 saturated heterocycles. The number of hydrogen-bond donors (Lipinski definition) is 0. The number of hydrogen-bond acceptors (Lipinski definition) is 2. The predicted molar refractivity (Wildman–Crippen MR) is 37.9 cm³/mol. The predicted octanol–water partition coefficient (Wildman–Crippen LogP) is 1.12. The maximum absolute atomic E-state index is 5.32. The van der Waals surface area contributed by atoms with Crippen molar-refractivity contribution in [3.63, 3.8) is 0 Å². The number of allylic oxidation sites excluding steroid dienone is 1. The Morgan fingerprint density at radius 3 is 2.80 bits per heavy atom. The van der Waals surface area contributed by atoms with Crippen molar-refractivity contribution in [1.82, 2.24) is 0 Å². The van der Waals surface area contributed by atoms with Crippen LogP contribution in [0.3, 0.4) is 0 Å². The van der Waals surface area contributed by atoms with Gasteiger partial charge in [-0.1, -0.05) is 12.2 Å². The highest BCUT2D eigenvalue weighted by atomic mass is 16.6. The van der Waals surface area contributed by atoms with Gasteiger partial charge in [0.1, 0.15) is 5.60 Å². The molecule has 0 spiro atoms. The Balaban J connectivity index is 1.87. The Hall–Kier alpha value is -0.340. The molecule has 2 aliphatic heterocycles. The van der Waals surface area contributed by atoms with Gasteiger partial charge in [0.25, 0.3) is 0 Å². The minimum absolute atomic E-state index is 0.0793. The van der Waals surface area contributed by atoms with E-state index in [0.29, 0.717) is 6.10 Å². The SMILES string of the molecule is CC=CC1(CC2CO2)CO1. The van der Waals surface area contributed by atoms with Crippen molar-refractivity contribution < 1.29 is 9.47 Å². The highest BCUT2D eigenvalue weighted by Gasteiger charge is 2.46. The summed E-state index contributed by atoms with van der Waals surface area (Å²) >= 11 is 0. The molecule has 2 fully saturated rings. The fourth-order valence-electron chi connectivity index (χ4n) is 1.25. The Kier molecular flexibility index (Phi) is 1.32. The van der Waals surface area contributed by atoms with Crippen molar-refractivity contribution >= 4 is 0 Å². The third-order valence-corrected chi connectivity index (χ3v) is 1.96. The van der Waals surface area contributed by atoms with Gasteiger partial charge in [-0.25, -0.2) is 0 Å². The van der Waals surface area contributed by atoms with Gasteiger partial charge in [-0.3, -0.25) is 0 Å². The molecule has 10 heavy (non-hydrogen) atoms. The van der Waals surface area contributed by atoms with Crippen LogP contribution in [-0.2, 0) is 9.47 Å². The standard InChI is InChI=1S/C8H12O2/c1-2-3-8(6-10-8)4-7-5-9-7/h2-3,7H,4-6H2,1H3. The smallest absolute Gasteiger partial charge is 0.112 e. The summed E-state index contributed by atoms with van der Waals surface area (Å²) < 4.78 is 10.4. The normalized spacial score (nSPS) is 44.3. The molecule has 0 saturated carbocycles. The lowest BCUT2D eigenvalue weighted by atomic mass is 10.0. The third kappa shape index (κ3) is 1.22. The Bertz CT molecular complexity index is 155. The molecule has 2 aliphatic rings. The van der Waals surface area contributed by atoms with Gasteiger partial charge in [0.05, 0.1) is 19.3 Å². The molecule has 2 nitrogen and oxygen atoms in total. The van der Waals surface area contributed by atoms with Gasteiger partial charge in [-0.15, -0.1) is 0 Å². The molecule has 0 aliphatic carbocycles. The van der Waals surface area contributed by atoms with Gasteiger partial charge >= 0.3 is 0 Å². The van der Waals surface area contributed by atoms with Crippen molar-refractivity contribution in [2.45, 2.75) is 25.0 Å². The zero-order valence-electron chi connectivity index (χ0n) is 6.17. The molecule has 0 radical (unpaired) electrons. The molecule has 0 aromatic carbocycles. The Labute approximate surface area is 60.8 Å². The summed E-state index contributed by atoms with van der Waals surface area (Å²) in [5.74, 6) is 0. The summed E-state index contributed by atoms with van der Waals surface area (Å²) in [6, 6.07) is 0. The molecule has 0 N–H and O–H groups in total. The van der Waals surface area contributed by atoms with E-state index >= 15 is 0 Å².